The second-order valence-electron chi connectivity index (χ2n) is 3.45. The van der Waals surface area contributed by atoms with E-state index in [-0.39, 0.29) is 0 Å². The van der Waals surface area contributed by atoms with Crippen molar-refractivity contribution < 1.29 is 0 Å². The third-order valence-electron chi connectivity index (χ3n) is 2.25. The molecule has 0 aromatic carbocycles. The molecule has 2 heterocycles. The Morgan fingerprint density at radius 1 is 1.62 bits per heavy atom. The molecule has 0 fully saturated rings. The lowest BCUT2D eigenvalue weighted by molar-refractivity contribution is 0.715. The van der Waals surface area contributed by atoms with E-state index in [9.17, 15) is 0 Å². The first-order chi connectivity index (χ1) is 7.85. The molecule has 0 aliphatic rings. The maximum Gasteiger partial charge on any atom is 0.101 e. The number of rotatable bonds is 4. The van der Waals surface area contributed by atoms with E-state index >= 15 is 0 Å². The van der Waals surface area contributed by atoms with Crippen molar-refractivity contribution in [2.75, 3.05) is 7.05 Å². The van der Waals surface area contributed by atoms with Gasteiger partial charge in [0, 0.05) is 29.2 Å². The Morgan fingerprint density at radius 2 is 2.50 bits per heavy atom. The van der Waals surface area contributed by atoms with E-state index in [1.165, 1.54) is 5.56 Å². The van der Waals surface area contributed by atoms with Gasteiger partial charge in [0.05, 0.1) is 5.69 Å². The number of nitrogens with zero attached hydrogens (tertiary/aromatic N) is 2. The fourth-order valence-corrected chi connectivity index (χ4v) is 2.24. The predicted octanol–water partition coefficient (Wildman–Crippen LogP) is 1.96. The highest BCUT2D eigenvalue weighted by molar-refractivity contribution is 7.08. The lowest BCUT2D eigenvalue weighted by Gasteiger charge is -1.97. The van der Waals surface area contributed by atoms with E-state index in [1.54, 1.807) is 16.0 Å². The van der Waals surface area contributed by atoms with Crippen LogP contribution in [-0.2, 0) is 13.1 Å². The van der Waals surface area contributed by atoms with Gasteiger partial charge in [0.15, 0.2) is 0 Å². The summed E-state index contributed by atoms with van der Waals surface area (Å²) in [7, 11) is 1.93. The molecular formula is C12H13N3S. The fourth-order valence-electron chi connectivity index (χ4n) is 1.60. The number of aromatic nitrogens is 2. The zero-order valence-corrected chi connectivity index (χ0v) is 9.92. The summed E-state index contributed by atoms with van der Waals surface area (Å²) in [5, 5.41) is 11.8. The summed E-state index contributed by atoms with van der Waals surface area (Å²) in [5.41, 5.74) is 3.35. The molecule has 0 radical (unpaired) electrons. The molecule has 0 unspecified atom stereocenters. The molecule has 0 saturated heterocycles. The highest BCUT2D eigenvalue weighted by Crippen LogP contribution is 2.24. The lowest BCUT2D eigenvalue weighted by atomic mass is 10.1. The first kappa shape index (κ1) is 10.9. The Bertz CT molecular complexity index is 491. The first-order valence-electron chi connectivity index (χ1n) is 5.02. The van der Waals surface area contributed by atoms with Crippen LogP contribution in [0.4, 0.5) is 0 Å². The summed E-state index contributed by atoms with van der Waals surface area (Å²) in [6, 6.07) is 2.08. The van der Waals surface area contributed by atoms with Crippen LogP contribution in [0.2, 0.25) is 0 Å². The van der Waals surface area contributed by atoms with Crippen LogP contribution < -0.4 is 5.32 Å². The number of hydrogen-bond donors (Lipinski definition) is 1. The van der Waals surface area contributed by atoms with Gasteiger partial charge in [-0.2, -0.15) is 16.4 Å². The van der Waals surface area contributed by atoms with E-state index in [1.807, 2.05) is 13.2 Å². The van der Waals surface area contributed by atoms with Crippen LogP contribution >= 0.6 is 11.3 Å². The van der Waals surface area contributed by atoms with Gasteiger partial charge in [-0.15, -0.1) is 6.42 Å². The van der Waals surface area contributed by atoms with Crippen LogP contribution in [-0.4, -0.2) is 16.8 Å². The number of hydrogen-bond acceptors (Lipinski definition) is 3. The Morgan fingerprint density at radius 3 is 3.12 bits per heavy atom. The van der Waals surface area contributed by atoms with E-state index in [2.05, 4.69) is 33.2 Å². The molecule has 0 spiro atoms. The standard InChI is InChI=1S/C12H13N3S/c1-3-5-15-8-11(7-13-2)12(14-15)10-4-6-16-9-10/h1,4,6,8-9,13H,5,7H2,2H3. The summed E-state index contributed by atoms with van der Waals surface area (Å²) >= 11 is 1.67. The number of thiophene rings is 1. The van der Waals surface area contributed by atoms with Crippen LogP contribution in [0, 0.1) is 12.3 Å². The molecular weight excluding hydrogens is 218 g/mol. The molecule has 0 aliphatic carbocycles. The van der Waals surface area contributed by atoms with Gasteiger partial charge in [-0.25, -0.2) is 0 Å². The minimum Gasteiger partial charge on any atom is -0.316 e. The van der Waals surface area contributed by atoms with E-state index in [0.717, 1.165) is 17.8 Å². The third kappa shape index (κ3) is 2.16. The normalized spacial score (nSPS) is 10.2. The highest BCUT2D eigenvalue weighted by atomic mass is 32.1. The van der Waals surface area contributed by atoms with Crippen molar-refractivity contribution in [3.63, 3.8) is 0 Å². The van der Waals surface area contributed by atoms with Crippen molar-refractivity contribution in [2.24, 2.45) is 0 Å². The summed E-state index contributed by atoms with van der Waals surface area (Å²) < 4.78 is 1.81. The van der Waals surface area contributed by atoms with Crippen molar-refractivity contribution in [1.29, 1.82) is 0 Å². The maximum absolute atomic E-state index is 5.29. The van der Waals surface area contributed by atoms with Gasteiger partial charge < -0.3 is 5.32 Å². The Balaban J connectivity index is 2.38. The lowest BCUT2D eigenvalue weighted by Crippen LogP contribution is -2.05. The van der Waals surface area contributed by atoms with E-state index in [0.29, 0.717) is 6.54 Å². The Labute approximate surface area is 99.1 Å². The van der Waals surface area contributed by atoms with Gasteiger partial charge in [-0.3, -0.25) is 4.68 Å². The van der Waals surface area contributed by atoms with Crippen molar-refractivity contribution in [1.82, 2.24) is 15.1 Å². The number of nitrogens with one attached hydrogen (secondary N) is 1. The highest BCUT2D eigenvalue weighted by Gasteiger charge is 2.10. The summed E-state index contributed by atoms with van der Waals surface area (Å²) in [5.74, 6) is 2.59. The average molecular weight is 231 g/mol. The second kappa shape index (κ2) is 4.97. The zero-order chi connectivity index (χ0) is 11.4. The van der Waals surface area contributed by atoms with Gasteiger partial charge in [-0.05, 0) is 18.5 Å². The Kier molecular flexibility index (Phi) is 3.40. The van der Waals surface area contributed by atoms with Crippen molar-refractivity contribution in [3.05, 3.63) is 28.6 Å². The van der Waals surface area contributed by atoms with Gasteiger partial charge >= 0.3 is 0 Å². The minimum atomic E-state index is 0.515. The molecule has 2 rings (SSSR count). The average Bonchev–Trinajstić information content (AvgIpc) is 2.87. The molecule has 0 atom stereocenters. The van der Waals surface area contributed by atoms with Gasteiger partial charge in [0.1, 0.15) is 6.54 Å². The molecule has 3 nitrogen and oxygen atoms in total. The van der Waals surface area contributed by atoms with Crippen LogP contribution in [0.5, 0.6) is 0 Å². The van der Waals surface area contributed by atoms with Crippen LogP contribution in [0.3, 0.4) is 0 Å². The molecule has 1 N–H and O–H groups in total. The molecule has 4 heteroatoms. The molecule has 82 valence electrons. The smallest absolute Gasteiger partial charge is 0.101 e. The van der Waals surface area contributed by atoms with Crippen molar-refractivity contribution in [2.45, 2.75) is 13.1 Å². The van der Waals surface area contributed by atoms with Crippen LogP contribution in [0.15, 0.2) is 23.0 Å². The molecule has 0 aliphatic heterocycles. The van der Waals surface area contributed by atoms with Gasteiger partial charge in [0.2, 0.25) is 0 Å². The predicted molar refractivity (Wildman–Crippen MR) is 67.1 cm³/mol. The Hall–Kier alpha value is -1.57. The van der Waals surface area contributed by atoms with E-state index in [4.69, 9.17) is 6.42 Å². The van der Waals surface area contributed by atoms with Gasteiger partial charge in [0.25, 0.3) is 0 Å². The largest absolute Gasteiger partial charge is 0.316 e. The molecule has 0 bridgehead atoms. The molecule has 16 heavy (non-hydrogen) atoms. The monoisotopic (exact) mass is 231 g/mol. The van der Waals surface area contributed by atoms with Gasteiger partial charge in [-0.1, -0.05) is 5.92 Å². The van der Waals surface area contributed by atoms with E-state index < -0.39 is 0 Å². The van der Waals surface area contributed by atoms with Crippen LogP contribution in [0.25, 0.3) is 11.3 Å². The molecule has 2 aromatic rings. The SMILES string of the molecule is C#CCn1cc(CNC)c(-c2ccsc2)n1. The van der Waals surface area contributed by atoms with Crippen molar-refractivity contribution in [3.8, 4) is 23.6 Å². The topological polar surface area (TPSA) is 29.9 Å². The molecule has 0 saturated carbocycles. The third-order valence-corrected chi connectivity index (χ3v) is 2.94. The van der Waals surface area contributed by atoms with Crippen LogP contribution in [0.1, 0.15) is 5.56 Å². The fraction of sp³-hybridized carbons (Fsp3) is 0.250. The second-order valence-corrected chi connectivity index (χ2v) is 4.23. The minimum absolute atomic E-state index is 0.515. The summed E-state index contributed by atoms with van der Waals surface area (Å²) in [4.78, 5) is 0. The van der Waals surface area contributed by atoms with Crippen molar-refractivity contribution >= 4 is 11.3 Å². The zero-order valence-electron chi connectivity index (χ0n) is 9.10. The maximum atomic E-state index is 5.29. The number of terminal acetylenes is 1. The summed E-state index contributed by atoms with van der Waals surface area (Å²) in [6.45, 7) is 1.32. The molecule has 0 amide bonds. The quantitative estimate of drug-likeness (QED) is 0.815. The first-order valence-corrected chi connectivity index (χ1v) is 5.96. The molecule has 2 aromatic heterocycles. The summed E-state index contributed by atoms with van der Waals surface area (Å²) in [6.07, 6.45) is 7.29.